The van der Waals surface area contributed by atoms with Gasteiger partial charge in [-0.15, -0.1) is 0 Å². The molecule has 1 atom stereocenters. The number of hydrogen-bond donors (Lipinski definition) is 1. The minimum absolute atomic E-state index is 0.102. The third-order valence-electron chi connectivity index (χ3n) is 2.70. The standard InChI is InChI=1S/C12H16ClNO/c1-8-5-9(2)12(13)10(6-8)11-7-14-3-4-15-11/h5-6,11,14H,3-4,7H2,1-2H3. The molecule has 1 aromatic carbocycles. The van der Waals surface area contributed by atoms with Gasteiger partial charge in [0.2, 0.25) is 0 Å². The molecule has 1 saturated heterocycles. The molecule has 0 radical (unpaired) electrons. The maximum Gasteiger partial charge on any atom is 0.0964 e. The second-order valence-corrected chi connectivity index (χ2v) is 4.43. The first-order valence-corrected chi connectivity index (χ1v) is 5.65. The molecule has 2 rings (SSSR count). The van der Waals surface area contributed by atoms with E-state index in [0.29, 0.717) is 0 Å². The predicted octanol–water partition coefficient (Wildman–Crippen LogP) is 2.62. The highest BCUT2D eigenvalue weighted by molar-refractivity contribution is 6.32. The van der Waals surface area contributed by atoms with E-state index in [9.17, 15) is 0 Å². The molecule has 3 heteroatoms. The Hall–Kier alpha value is -0.570. The summed E-state index contributed by atoms with van der Waals surface area (Å²) in [5.41, 5.74) is 3.48. The average molecular weight is 226 g/mol. The van der Waals surface area contributed by atoms with Crippen LogP contribution in [-0.4, -0.2) is 19.7 Å². The van der Waals surface area contributed by atoms with E-state index in [1.165, 1.54) is 5.56 Å². The van der Waals surface area contributed by atoms with Gasteiger partial charge in [-0.05, 0) is 19.4 Å². The summed E-state index contributed by atoms with van der Waals surface area (Å²) in [5.74, 6) is 0. The number of morpholine rings is 1. The van der Waals surface area contributed by atoms with Gasteiger partial charge in [-0.2, -0.15) is 0 Å². The zero-order chi connectivity index (χ0) is 10.8. The molecular weight excluding hydrogens is 210 g/mol. The van der Waals surface area contributed by atoms with Crippen LogP contribution in [0.2, 0.25) is 5.02 Å². The fourth-order valence-corrected chi connectivity index (χ4v) is 2.21. The minimum atomic E-state index is 0.102. The lowest BCUT2D eigenvalue weighted by atomic mass is 10.0. The minimum Gasteiger partial charge on any atom is -0.371 e. The van der Waals surface area contributed by atoms with Crippen LogP contribution in [0.25, 0.3) is 0 Å². The lowest BCUT2D eigenvalue weighted by molar-refractivity contribution is 0.0277. The van der Waals surface area contributed by atoms with Gasteiger partial charge in [0.15, 0.2) is 0 Å². The summed E-state index contributed by atoms with van der Waals surface area (Å²) in [7, 11) is 0. The number of rotatable bonds is 1. The SMILES string of the molecule is Cc1cc(C)c(Cl)c(C2CNCCO2)c1. The number of halogens is 1. The fourth-order valence-electron chi connectivity index (χ4n) is 1.98. The van der Waals surface area contributed by atoms with Crippen molar-refractivity contribution < 1.29 is 4.74 Å². The molecular formula is C12H16ClNO. The first-order valence-electron chi connectivity index (χ1n) is 5.27. The molecule has 82 valence electrons. The second-order valence-electron chi connectivity index (χ2n) is 4.05. The molecule has 1 fully saturated rings. The van der Waals surface area contributed by atoms with Gasteiger partial charge < -0.3 is 10.1 Å². The molecule has 15 heavy (non-hydrogen) atoms. The van der Waals surface area contributed by atoms with E-state index in [-0.39, 0.29) is 6.10 Å². The van der Waals surface area contributed by atoms with Crippen molar-refractivity contribution in [3.63, 3.8) is 0 Å². The van der Waals surface area contributed by atoms with Crippen LogP contribution in [0.3, 0.4) is 0 Å². The normalized spacial score (nSPS) is 21.7. The van der Waals surface area contributed by atoms with E-state index in [4.69, 9.17) is 16.3 Å². The van der Waals surface area contributed by atoms with Crippen molar-refractivity contribution in [1.82, 2.24) is 5.32 Å². The molecule has 2 nitrogen and oxygen atoms in total. The van der Waals surface area contributed by atoms with E-state index in [0.717, 1.165) is 35.8 Å². The maximum absolute atomic E-state index is 6.29. The molecule has 1 aromatic rings. The highest BCUT2D eigenvalue weighted by Gasteiger charge is 2.19. The molecule has 1 N–H and O–H groups in total. The van der Waals surface area contributed by atoms with Crippen LogP contribution in [0.1, 0.15) is 22.8 Å². The van der Waals surface area contributed by atoms with Crippen molar-refractivity contribution in [3.8, 4) is 0 Å². The average Bonchev–Trinajstić information content (AvgIpc) is 2.24. The van der Waals surface area contributed by atoms with Crippen LogP contribution < -0.4 is 5.32 Å². The molecule has 0 aromatic heterocycles. The van der Waals surface area contributed by atoms with Crippen molar-refractivity contribution in [2.75, 3.05) is 19.7 Å². The van der Waals surface area contributed by atoms with Gasteiger partial charge in [0.1, 0.15) is 0 Å². The van der Waals surface area contributed by atoms with Gasteiger partial charge in [-0.3, -0.25) is 0 Å². The summed E-state index contributed by atoms with van der Waals surface area (Å²) in [6.45, 7) is 6.66. The largest absolute Gasteiger partial charge is 0.371 e. The molecule has 0 aliphatic carbocycles. The lowest BCUT2D eigenvalue weighted by Crippen LogP contribution is -2.33. The third kappa shape index (κ3) is 2.33. The Labute approximate surface area is 95.6 Å². The van der Waals surface area contributed by atoms with Crippen LogP contribution in [0.15, 0.2) is 12.1 Å². The van der Waals surface area contributed by atoms with Gasteiger partial charge in [0.05, 0.1) is 12.7 Å². The van der Waals surface area contributed by atoms with Crippen LogP contribution in [-0.2, 0) is 4.74 Å². The molecule has 1 unspecified atom stereocenters. The summed E-state index contributed by atoms with van der Waals surface area (Å²) >= 11 is 6.29. The number of hydrogen-bond acceptors (Lipinski definition) is 2. The molecule has 1 aliphatic heterocycles. The summed E-state index contributed by atoms with van der Waals surface area (Å²) < 4.78 is 5.71. The number of aryl methyl sites for hydroxylation is 2. The molecule has 0 amide bonds. The smallest absolute Gasteiger partial charge is 0.0964 e. The maximum atomic E-state index is 6.29. The van der Waals surface area contributed by atoms with E-state index in [1.54, 1.807) is 0 Å². The topological polar surface area (TPSA) is 21.3 Å². The number of ether oxygens (including phenoxy) is 1. The first kappa shape index (κ1) is 10.9. The summed E-state index contributed by atoms with van der Waals surface area (Å²) in [4.78, 5) is 0. The molecule has 0 bridgehead atoms. The van der Waals surface area contributed by atoms with Crippen molar-refractivity contribution in [1.29, 1.82) is 0 Å². The van der Waals surface area contributed by atoms with Gasteiger partial charge in [-0.1, -0.05) is 29.3 Å². The Bertz CT molecular complexity index is 359. The zero-order valence-electron chi connectivity index (χ0n) is 9.14. The number of nitrogens with one attached hydrogen (secondary N) is 1. The highest BCUT2D eigenvalue weighted by Crippen LogP contribution is 2.30. The Balaban J connectivity index is 2.33. The lowest BCUT2D eigenvalue weighted by Gasteiger charge is -2.25. The Morgan fingerprint density at radius 2 is 2.20 bits per heavy atom. The van der Waals surface area contributed by atoms with Crippen LogP contribution in [0.5, 0.6) is 0 Å². The fraction of sp³-hybridized carbons (Fsp3) is 0.500. The van der Waals surface area contributed by atoms with E-state index in [2.05, 4.69) is 24.4 Å². The quantitative estimate of drug-likeness (QED) is 0.794. The van der Waals surface area contributed by atoms with E-state index < -0.39 is 0 Å². The van der Waals surface area contributed by atoms with Gasteiger partial charge in [-0.25, -0.2) is 0 Å². The third-order valence-corrected chi connectivity index (χ3v) is 3.22. The predicted molar refractivity (Wildman–Crippen MR) is 62.5 cm³/mol. The van der Waals surface area contributed by atoms with Crippen LogP contribution in [0, 0.1) is 13.8 Å². The summed E-state index contributed by atoms with van der Waals surface area (Å²) in [6, 6.07) is 4.22. The molecule has 0 spiro atoms. The van der Waals surface area contributed by atoms with Gasteiger partial charge in [0, 0.05) is 23.7 Å². The summed E-state index contributed by atoms with van der Waals surface area (Å²) in [5, 5.41) is 4.16. The van der Waals surface area contributed by atoms with Crippen LogP contribution >= 0.6 is 11.6 Å². The van der Waals surface area contributed by atoms with Crippen molar-refractivity contribution in [3.05, 3.63) is 33.8 Å². The monoisotopic (exact) mass is 225 g/mol. The molecule has 1 aliphatic rings. The Kier molecular flexibility index (Phi) is 3.29. The summed E-state index contributed by atoms with van der Waals surface area (Å²) in [6.07, 6.45) is 0.102. The van der Waals surface area contributed by atoms with Crippen molar-refractivity contribution in [2.45, 2.75) is 20.0 Å². The Morgan fingerprint density at radius 1 is 1.40 bits per heavy atom. The van der Waals surface area contributed by atoms with Crippen molar-refractivity contribution >= 4 is 11.6 Å². The van der Waals surface area contributed by atoms with E-state index >= 15 is 0 Å². The van der Waals surface area contributed by atoms with Gasteiger partial charge >= 0.3 is 0 Å². The van der Waals surface area contributed by atoms with Crippen LogP contribution in [0.4, 0.5) is 0 Å². The van der Waals surface area contributed by atoms with E-state index in [1.807, 2.05) is 6.92 Å². The molecule has 0 saturated carbocycles. The Morgan fingerprint density at radius 3 is 2.87 bits per heavy atom. The molecule has 1 heterocycles. The number of benzene rings is 1. The highest BCUT2D eigenvalue weighted by atomic mass is 35.5. The zero-order valence-corrected chi connectivity index (χ0v) is 9.90. The van der Waals surface area contributed by atoms with Gasteiger partial charge in [0.25, 0.3) is 0 Å². The van der Waals surface area contributed by atoms with Crippen molar-refractivity contribution in [2.24, 2.45) is 0 Å². The second kappa shape index (κ2) is 4.52. The first-order chi connectivity index (χ1) is 7.18.